The maximum Gasteiger partial charge on any atom is 0.494 e. The monoisotopic (exact) mass is 436 g/mol. The van der Waals surface area contributed by atoms with Crippen LogP contribution in [0.5, 0.6) is 0 Å². The van der Waals surface area contributed by atoms with Crippen molar-refractivity contribution in [3.63, 3.8) is 0 Å². The fourth-order valence-corrected chi connectivity index (χ4v) is 4.74. The van der Waals surface area contributed by atoms with Crippen molar-refractivity contribution in [3.05, 3.63) is 58.0 Å². The summed E-state index contributed by atoms with van der Waals surface area (Å²) in [5.74, 6) is 0.157. The van der Waals surface area contributed by atoms with E-state index in [4.69, 9.17) is 18.6 Å². The van der Waals surface area contributed by atoms with Crippen molar-refractivity contribution in [3.8, 4) is 0 Å². The van der Waals surface area contributed by atoms with Crippen molar-refractivity contribution in [1.29, 1.82) is 0 Å². The minimum Gasteiger partial charge on any atom is -0.400 e. The Kier molecular flexibility index (Phi) is 5.65. The Morgan fingerprint density at radius 3 is 1.59 bits per heavy atom. The van der Waals surface area contributed by atoms with Gasteiger partial charge >= 0.3 is 14.2 Å². The zero-order chi connectivity index (χ0) is 23.7. The van der Waals surface area contributed by atoms with Gasteiger partial charge in [-0.3, -0.25) is 0 Å². The Morgan fingerprint density at radius 2 is 1.16 bits per heavy atom. The zero-order valence-corrected chi connectivity index (χ0v) is 21.5. The van der Waals surface area contributed by atoms with Gasteiger partial charge in [0.2, 0.25) is 0 Å². The Hall–Kier alpha value is -1.33. The lowest BCUT2D eigenvalue weighted by Gasteiger charge is -2.32. The molecule has 172 valence electrons. The number of rotatable bonds is 3. The molecule has 1 aromatic rings. The van der Waals surface area contributed by atoms with E-state index in [1.54, 1.807) is 0 Å². The third-order valence-electron chi connectivity index (χ3n) is 8.22. The minimum absolute atomic E-state index is 0.157. The van der Waals surface area contributed by atoms with Crippen molar-refractivity contribution in [2.45, 2.75) is 104 Å². The standard InChI is InChI=1S/C26H38B2O4/c1-17(2)19-16-20(18-14-12-11-13-15-18)22(28-31-25(7,8)26(9,10)32-28)21(19)27-29-23(3,4)24(5,6)30-27/h11-15,20H,16H2,1-10H3. The van der Waals surface area contributed by atoms with Crippen molar-refractivity contribution < 1.29 is 18.6 Å². The molecule has 3 aliphatic rings. The van der Waals surface area contributed by atoms with Crippen LogP contribution in [0, 0.1) is 0 Å². The van der Waals surface area contributed by atoms with Gasteiger partial charge in [-0.25, -0.2) is 0 Å². The second kappa shape index (κ2) is 7.59. The molecule has 4 nitrogen and oxygen atoms in total. The van der Waals surface area contributed by atoms with E-state index in [9.17, 15) is 0 Å². The molecule has 2 fully saturated rings. The molecule has 1 atom stereocenters. The van der Waals surface area contributed by atoms with Crippen LogP contribution in [-0.4, -0.2) is 36.6 Å². The van der Waals surface area contributed by atoms with E-state index in [1.165, 1.54) is 16.7 Å². The lowest BCUT2D eigenvalue weighted by molar-refractivity contribution is 0.00578. The first-order valence-corrected chi connectivity index (χ1v) is 11.8. The third-order valence-corrected chi connectivity index (χ3v) is 8.22. The Morgan fingerprint density at radius 1 is 0.719 bits per heavy atom. The average Bonchev–Trinajstić information content (AvgIpc) is 3.23. The van der Waals surface area contributed by atoms with Gasteiger partial charge in [0.25, 0.3) is 0 Å². The highest BCUT2D eigenvalue weighted by Crippen LogP contribution is 2.52. The highest BCUT2D eigenvalue weighted by molar-refractivity contribution is 6.64. The lowest BCUT2D eigenvalue weighted by atomic mass is 9.62. The SMILES string of the molecule is CC(C)=C1CC(c2ccccc2)C(B2OC(C)(C)C(C)(C)O2)=C1B1OC(C)(C)C(C)(C)O1. The van der Waals surface area contributed by atoms with E-state index in [-0.39, 0.29) is 5.92 Å². The molecular weight excluding hydrogens is 398 g/mol. The van der Waals surface area contributed by atoms with Crippen LogP contribution in [0.1, 0.15) is 87.1 Å². The van der Waals surface area contributed by atoms with Crippen molar-refractivity contribution in [2.75, 3.05) is 0 Å². The summed E-state index contributed by atoms with van der Waals surface area (Å²) in [6, 6.07) is 10.7. The van der Waals surface area contributed by atoms with Gasteiger partial charge in [0.05, 0.1) is 22.4 Å². The summed E-state index contributed by atoms with van der Waals surface area (Å²) in [6.45, 7) is 21.2. The second-order valence-corrected chi connectivity index (χ2v) is 11.7. The smallest absolute Gasteiger partial charge is 0.400 e. The molecule has 0 radical (unpaired) electrons. The highest BCUT2D eigenvalue weighted by Gasteiger charge is 2.59. The fourth-order valence-electron chi connectivity index (χ4n) is 4.74. The van der Waals surface area contributed by atoms with E-state index in [0.29, 0.717) is 0 Å². The highest BCUT2D eigenvalue weighted by atomic mass is 16.7. The molecular formula is C26H38B2O4. The summed E-state index contributed by atoms with van der Waals surface area (Å²) < 4.78 is 26.4. The fraction of sp³-hybridized carbons (Fsp3) is 0.615. The summed E-state index contributed by atoms with van der Waals surface area (Å²) >= 11 is 0. The van der Waals surface area contributed by atoms with Crippen molar-refractivity contribution in [1.82, 2.24) is 0 Å². The molecule has 0 saturated carbocycles. The molecule has 4 rings (SSSR count). The van der Waals surface area contributed by atoms with E-state index < -0.39 is 36.6 Å². The zero-order valence-electron chi connectivity index (χ0n) is 21.5. The molecule has 0 bridgehead atoms. The lowest BCUT2D eigenvalue weighted by Crippen LogP contribution is -2.41. The van der Waals surface area contributed by atoms with Gasteiger partial charge in [0.1, 0.15) is 0 Å². The van der Waals surface area contributed by atoms with Gasteiger partial charge in [0.15, 0.2) is 0 Å². The second-order valence-electron chi connectivity index (χ2n) is 11.7. The van der Waals surface area contributed by atoms with Gasteiger partial charge < -0.3 is 18.6 Å². The van der Waals surface area contributed by atoms with Crippen LogP contribution in [0.4, 0.5) is 0 Å². The van der Waals surface area contributed by atoms with Gasteiger partial charge in [-0.15, -0.1) is 0 Å². The summed E-state index contributed by atoms with van der Waals surface area (Å²) in [5.41, 5.74) is 4.43. The number of allylic oxidation sites excluding steroid dienone is 4. The van der Waals surface area contributed by atoms with E-state index in [2.05, 4.69) is 99.6 Å². The van der Waals surface area contributed by atoms with Crippen LogP contribution >= 0.6 is 0 Å². The maximum atomic E-state index is 6.61. The van der Waals surface area contributed by atoms with E-state index in [0.717, 1.165) is 17.4 Å². The first kappa shape index (κ1) is 23.8. The normalized spacial score (nSPS) is 28.1. The minimum atomic E-state index is -0.451. The van der Waals surface area contributed by atoms with Gasteiger partial charge in [-0.2, -0.15) is 0 Å². The maximum absolute atomic E-state index is 6.61. The summed E-state index contributed by atoms with van der Waals surface area (Å²) in [7, 11) is -0.899. The summed E-state index contributed by atoms with van der Waals surface area (Å²) in [4.78, 5) is 0. The van der Waals surface area contributed by atoms with Gasteiger partial charge in [-0.1, -0.05) is 35.9 Å². The Balaban J connectivity index is 1.90. The van der Waals surface area contributed by atoms with E-state index >= 15 is 0 Å². The topological polar surface area (TPSA) is 36.9 Å². The van der Waals surface area contributed by atoms with Crippen LogP contribution in [0.2, 0.25) is 0 Å². The quantitative estimate of drug-likeness (QED) is 0.539. The molecule has 0 N–H and O–H groups in total. The summed E-state index contributed by atoms with van der Waals surface area (Å²) in [5, 5.41) is 0. The molecule has 1 unspecified atom stereocenters. The Labute approximate surface area is 195 Å². The van der Waals surface area contributed by atoms with E-state index in [1.807, 2.05) is 0 Å². The molecule has 0 aromatic heterocycles. The predicted molar refractivity (Wildman–Crippen MR) is 131 cm³/mol. The molecule has 0 amide bonds. The van der Waals surface area contributed by atoms with Crippen LogP contribution in [-0.2, 0) is 18.6 Å². The van der Waals surface area contributed by atoms with Crippen LogP contribution < -0.4 is 0 Å². The molecule has 2 heterocycles. The average molecular weight is 436 g/mol. The molecule has 32 heavy (non-hydrogen) atoms. The molecule has 6 heteroatoms. The molecule has 2 saturated heterocycles. The molecule has 2 aliphatic heterocycles. The summed E-state index contributed by atoms with van der Waals surface area (Å²) in [6.07, 6.45) is 0.894. The third kappa shape index (κ3) is 3.73. The Bertz CT molecular complexity index is 923. The van der Waals surface area contributed by atoms with Crippen molar-refractivity contribution in [2.24, 2.45) is 0 Å². The number of hydrogen-bond acceptors (Lipinski definition) is 4. The van der Waals surface area contributed by atoms with Crippen LogP contribution in [0.25, 0.3) is 0 Å². The predicted octanol–water partition coefficient (Wildman–Crippen LogP) is 6.07. The largest absolute Gasteiger partial charge is 0.494 e. The van der Waals surface area contributed by atoms with Crippen LogP contribution in [0.15, 0.2) is 52.4 Å². The molecule has 0 spiro atoms. The first-order chi connectivity index (χ1) is 14.7. The molecule has 1 aromatic carbocycles. The van der Waals surface area contributed by atoms with Crippen LogP contribution in [0.3, 0.4) is 0 Å². The van der Waals surface area contributed by atoms with Gasteiger partial charge in [0, 0.05) is 5.92 Å². The molecule has 1 aliphatic carbocycles. The number of benzene rings is 1. The van der Waals surface area contributed by atoms with Crippen molar-refractivity contribution >= 4 is 14.2 Å². The number of hydrogen-bond donors (Lipinski definition) is 0. The van der Waals surface area contributed by atoms with Gasteiger partial charge in [-0.05, 0) is 97.7 Å². The first-order valence-electron chi connectivity index (χ1n) is 11.8.